The SMILES string of the molecule is CCCCN(C(=O)/C=C/c1cccc(N)c1)C1CC1. The smallest absolute Gasteiger partial charge is 0.246 e. The first-order chi connectivity index (χ1) is 9.20. The maximum atomic E-state index is 12.2. The molecule has 2 rings (SSSR count). The Morgan fingerprint density at radius 1 is 1.47 bits per heavy atom. The Balaban J connectivity index is 1.98. The summed E-state index contributed by atoms with van der Waals surface area (Å²) in [5.74, 6) is 0.123. The van der Waals surface area contributed by atoms with Gasteiger partial charge in [-0.2, -0.15) is 0 Å². The van der Waals surface area contributed by atoms with Crippen LogP contribution in [0.4, 0.5) is 5.69 Å². The van der Waals surface area contributed by atoms with E-state index in [1.54, 1.807) is 6.08 Å². The Morgan fingerprint density at radius 3 is 2.89 bits per heavy atom. The molecule has 1 amide bonds. The lowest BCUT2D eigenvalue weighted by Crippen LogP contribution is -2.32. The van der Waals surface area contributed by atoms with Gasteiger partial charge in [0, 0.05) is 24.4 Å². The van der Waals surface area contributed by atoms with Crippen molar-refractivity contribution in [3.05, 3.63) is 35.9 Å². The van der Waals surface area contributed by atoms with Crippen LogP contribution in [0, 0.1) is 0 Å². The Morgan fingerprint density at radius 2 is 2.26 bits per heavy atom. The molecule has 1 aromatic carbocycles. The summed E-state index contributed by atoms with van der Waals surface area (Å²) < 4.78 is 0. The highest BCUT2D eigenvalue weighted by molar-refractivity contribution is 5.92. The molecule has 0 saturated heterocycles. The molecule has 3 heteroatoms. The fraction of sp³-hybridized carbons (Fsp3) is 0.438. The number of carbonyl (C=O) groups excluding carboxylic acids is 1. The molecular formula is C16H22N2O. The summed E-state index contributed by atoms with van der Waals surface area (Å²) in [4.78, 5) is 14.2. The Labute approximate surface area is 115 Å². The molecule has 3 nitrogen and oxygen atoms in total. The summed E-state index contributed by atoms with van der Waals surface area (Å²) in [6.07, 6.45) is 8.02. The van der Waals surface area contributed by atoms with E-state index in [4.69, 9.17) is 5.73 Å². The van der Waals surface area contributed by atoms with E-state index in [0.29, 0.717) is 6.04 Å². The summed E-state index contributed by atoms with van der Waals surface area (Å²) in [6.45, 7) is 3.03. The minimum atomic E-state index is 0.123. The van der Waals surface area contributed by atoms with Gasteiger partial charge in [0.15, 0.2) is 0 Å². The van der Waals surface area contributed by atoms with Crippen molar-refractivity contribution in [1.82, 2.24) is 4.90 Å². The van der Waals surface area contributed by atoms with Crippen LogP contribution in [0.2, 0.25) is 0 Å². The fourth-order valence-electron chi connectivity index (χ4n) is 2.11. The molecule has 0 aliphatic heterocycles. The van der Waals surface area contributed by atoms with Crippen LogP contribution in [0.1, 0.15) is 38.2 Å². The standard InChI is InChI=1S/C16H22N2O/c1-2-3-11-18(15-8-9-15)16(19)10-7-13-5-4-6-14(17)12-13/h4-7,10,12,15H,2-3,8-9,11,17H2,1H3/b10-7+. The number of nitrogen functional groups attached to an aromatic ring is 1. The van der Waals surface area contributed by atoms with Crippen molar-refractivity contribution in [2.45, 2.75) is 38.6 Å². The van der Waals surface area contributed by atoms with Crippen molar-refractivity contribution < 1.29 is 4.79 Å². The predicted octanol–water partition coefficient (Wildman–Crippen LogP) is 3.07. The average Bonchev–Trinajstić information content (AvgIpc) is 3.21. The predicted molar refractivity (Wildman–Crippen MR) is 79.5 cm³/mol. The maximum absolute atomic E-state index is 12.2. The van der Waals surface area contributed by atoms with E-state index in [9.17, 15) is 4.79 Å². The Kier molecular flexibility index (Phi) is 4.61. The average molecular weight is 258 g/mol. The van der Waals surface area contributed by atoms with Crippen LogP contribution < -0.4 is 5.73 Å². The van der Waals surface area contributed by atoms with Gasteiger partial charge in [0.1, 0.15) is 0 Å². The largest absolute Gasteiger partial charge is 0.399 e. The first-order valence-corrected chi connectivity index (χ1v) is 7.05. The van der Waals surface area contributed by atoms with Gasteiger partial charge in [0.05, 0.1) is 0 Å². The van der Waals surface area contributed by atoms with Gasteiger partial charge in [-0.15, -0.1) is 0 Å². The molecule has 1 aliphatic carbocycles. The quantitative estimate of drug-likeness (QED) is 0.629. The number of rotatable bonds is 6. The molecule has 0 atom stereocenters. The molecule has 0 bridgehead atoms. The van der Waals surface area contributed by atoms with Gasteiger partial charge in [-0.3, -0.25) is 4.79 Å². The molecule has 0 radical (unpaired) electrons. The van der Waals surface area contributed by atoms with E-state index in [1.165, 1.54) is 0 Å². The maximum Gasteiger partial charge on any atom is 0.246 e. The lowest BCUT2D eigenvalue weighted by Gasteiger charge is -2.20. The van der Waals surface area contributed by atoms with Crippen LogP contribution in [-0.4, -0.2) is 23.4 Å². The highest BCUT2D eigenvalue weighted by Gasteiger charge is 2.30. The normalized spacial score (nSPS) is 14.8. The van der Waals surface area contributed by atoms with Crippen molar-refractivity contribution in [3.8, 4) is 0 Å². The molecule has 102 valence electrons. The first kappa shape index (κ1) is 13.7. The highest BCUT2D eigenvalue weighted by Crippen LogP contribution is 2.27. The molecule has 0 unspecified atom stereocenters. The number of anilines is 1. The molecule has 0 spiro atoms. The molecule has 1 aromatic rings. The van der Waals surface area contributed by atoms with Gasteiger partial charge in [-0.05, 0) is 43.0 Å². The molecule has 1 aliphatic rings. The third-order valence-corrected chi connectivity index (χ3v) is 3.35. The second kappa shape index (κ2) is 6.41. The van der Waals surface area contributed by atoms with Crippen LogP contribution in [0.5, 0.6) is 0 Å². The van der Waals surface area contributed by atoms with E-state index < -0.39 is 0 Å². The third-order valence-electron chi connectivity index (χ3n) is 3.35. The molecule has 0 aromatic heterocycles. The second-order valence-electron chi connectivity index (χ2n) is 5.12. The van der Waals surface area contributed by atoms with Crippen LogP contribution in [0.25, 0.3) is 6.08 Å². The van der Waals surface area contributed by atoms with Crippen LogP contribution in [0.3, 0.4) is 0 Å². The number of unbranched alkanes of at least 4 members (excludes halogenated alkanes) is 1. The van der Waals surface area contributed by atoms with Gasteiger partial charge in [0.2, 0.25) is 5.91 Å². The van der Waals surface area contributed by atoms with Crippen molar-refractivity contribution in [2.75, 3.05) is 12.3 Å². The summed E-state index contributed by atoms with van der Waals surface area (Å²) in [7, 11) is 0. The first-order valence-electron chi connectivity index (χ1n) is 7.05. The fourth-order valence-corrected chi connectivity index (χ4v) is 2.11. The zero-order valence-corrected chi connectivity index (χ0v) is 11.5. The van der Waals surface area contributed by atoms with Gasteiger partial charge in [-0.1, -0.05) is 25.5 Å². The van der Waals surface area contributed by atoms with E-state index in [2.05, 4.69) is 6.92 Å². The number of benzene rings is 1. The lowest BCUT2D eigenvalue weighted by atomic mass is 10.2. The van der Waals surface area contributed by atoms with Gasteiger partial charge < -0.3 is 10.6 Å². The van der Waals surface area contributed by atoms with Gasteiger partial charge >= 0.3 is 0 Å². The number of nitrogens with zero attached hydrogens (tertiary/aromatic N) is 1. The minimum Gasteiger partial charge on any atom is -0.399 e. The molecule has 0 heterocycles. The van der Waals surface area contributed by atoms with E-state index in [1.807, 2.05) is 35.2 Å². The van der Waals surface area contributed by atoms with Crippen LogP contribution in [-0.2, 0) is 4.79 Å². The summed E-state index contributed by atoms with van der Waals surface area (Å²) in [5, 5.41) is 0. The zero-order valence-electron chi connectivity index (χ0n) is 11.5. The molecule has 19 heavy (non-hydrogen) atoms. The Bertz CT molecular complexity index is 464. The third kappa shape index (κ3) is 4.12. The lowest BCUT2D eigenvalue weighted by molar-refractivity contribution is -0.126. The highest BCUT2D eigenvalue weighted by atomic mass is 16.2. The molecule has 1 saturated carbocycles. The number of hydrogen-bond donors (Lipinski definition) is 1. The molecule has 1 fully saturated rings. The van der Waals surface area contributed by atoms with Crippen LogP contribution in [0.15, 0.2) is 30.3 Å². The van der Waals surface area contributed by atoms with E-state index in [-0.39, 0.29) is 5.91 Å². The van der Waals surface area contributed by atoms with Crippen LogP contribution >= 0.6 is 0 Å². The second-order valence-corrected chi connectivity index (χ2v) is 5.12. The number of amides is 1. The summed E-state index contributed by atoms with van der Waals surface area (Å²) in [5.41, 5.74) is 7.41. The molecular weight excluding hydrogens is 236 g/mol. The summed E-state index contributed by atoms with van der Waals surface area (Å²) in [6, 6.07) is 8.04. The van der Waals surface area contributed by atoms with Crippen molar-refractivity contribution >= 4 is 17.7 Å². The monoisotopic (exact) mass is 258 g/mol. The number of carbonyl (C=O) groups is 1. The zero-order chi connectivity index (χ0) is 13.7. The van der Waals surface area contributed by atoms with Crippen molar-refractivity contribution in [2.24, 2.45) is 0 Å². The van der Waals surface area contributed by atoms with Gasteiger partial charge in [-0.25, -0.2) is 0 Å². The minimum absolute atomic E-state index is 0.123. The molecule has 2 N–H and O–H groups in total. The number of nitrogens with two attached hydrogens (primary N) is 1. The van der Waals surface area contributed by atoms with Gasteiger partial charge in [0.25, 0.3) is 0 Å². The van der Waals surface area contributed by atoms with E-state index >= 15 is 0 Å². The van der Waals surface area contributed by atoms with Crippen molar-refractivity contribution in [1.29, 1.82) is 0 Å². The number of hydrogen-bond acceptors (Lipinski definition) is 2. The van der Waals surface area contributed by atoms with E-state index in [0.717, 1.165) is 43.5 Å². The Hall–Kier alpha value is -1.77. The summed E-state index contributed by atoms with van der Waals surface area (Å²) >= 11 is 0. The van der Waals surface area contributed by atoms with Crippen molar-refractivity contribution in [3.63, 3.8) is 0 Å². The topological polar surface area (TPSA) is 46.3 Å².